The van der Waals surface area contributed by atoms with Crippen molar-refractivity contribution in [3.63, 3.8) is 0 Å². The average molecular weight is 390 g/mol. The largest absolute Gasteiger partial charge is 0.340 e. The van der Waals surface area contributed by atoms with E-state index in [0.29, 0.717) is 5.92 Å². The fourth-order valence-corrected chi connectivity index (χ4v) is 4.46. The van der Waals surface area contributed by atoms with Crippen LogP contribution in [-0.2, 0) is 6.54 Å². The fraction of sp³-hybridized carbons (Fsp3) is 0.320. The minimum Gasteiger partial charge on any atom is -0.340 e. The Kier molecular flexibility index (Phi) is 5.52. The van der Waals surface area contributed by atoms with E-state index in [4.69, 9.17) is 0 Å². The number of rotatable bonds is 7. The van der Waals surface area contributed by atoms with Gasteiger partial charge in [0.1, 0.15) is 5.82 Å². The van der Waals surface area contributed by atoms with Gasteiger partial charge in [-0.2, -0.15) is 0 Å². The molecule has 150 valence electrons. The smallest absolute Gasteiger partial charge is 0.123 e. The Bertz CT molecular complexity index is 1090. The van der Waals surface area contributed by atoms with Crippen molar-refractivity contribution >= 4 is 10.9 Å². The summed E-state index contributed by atoms with van der Waals surface area (Å²) in [7, 11) is 0. The monoisotopic (exact) mass is 389 g/mol. The van der Waals surface area contributed by atoms with Gasteiger partial charge in [0.05, 0.1) is 6.33 Å². The lowest BCUT2D eigenvalue weighted by atomic mass is 9.93. The Morgan fingerprint density at radius 1 is 1.07 bits per heavy atom. The van der Waals surface area contributed by atoms with Crippen LogP contribution in [-0.4, -0.2) is 14.1 Å². The van der Waals surface area contributed by atoms with Crippen LogP contribution in [0.25, 0.3) is 16.6 Å². The number of fused-ring (bicyclic) bond motifs is 1. The molecule has 1 atom stereocenters. The lowest BCUT2D eigenvalue weighted by Gasteiger charge is -2.20. The average Bonchev–Trinajstić information content (AvgIpc) is 3.35. The van der Waals surface area contributed by atoms with Crippen molar-refractivity contribution in [2.24, 2.45) is 0 Å². The number of nitrogens with zero attached hydrogens (tertiary/aromatic N) is 3. The number of aryl methyl sites for hydroxylation is 1. The van der Waals surface area contributed by atoms with Crippen LogP contribution >= 0.6 is 0 Å². The first-order valence-corrected chi connectivity index (χ1v) is 10.5. The third-order valence-electron chi connectivity index (χ3n) is 5.92. The zero-order valence-electron chi connectivity index (χ0n) is 17.4. The molecular formula is C25H28FN3. The molecule has 4 heteroatoms. The molecule has 0 amide bonds. The number of aromatic nitrogens is 3. The van der Waals surface area contributed by atoms with E-state index in [2.05, 4.69) is 54.6 Å². The highest BCUT2D eigenvalue weighted by Gasteiger charge is 2.21. The van der Waals surface area contributed by atoms with Crippen LogP contribution in [0.15, 0.2) is 61.2 Å². The molecule has 0 bridgehead atoms. The third kappa shape index (κ3) is 3.71. The predicted molar refractivity (Wildman–Crippen MR) is 117 cm³/mol. The van der Waals surface area contributed by atoms with Crippen molar-refractivity contribution in [3.05, 3.63) is 83.8 Å². The molecule has 4 rings (SSSR count). The van der Waals surface area contributed by atoms with Crippen LogP contribution in [0.1, 0.15) is 55.8 Å². The molecule has 0 saturated heterocycles. The quantitative estimate of drug-likeness (QED) is 0.348. The molecule has 2 aromatic carbocycles. The van der Waals surface area contributed by atoms with Gasteiger partial charge in [-0.3, -0.25) is 0 Å². The van der Waals surface area contributed by atoms with Gasteiger partial charge in [-0.1, -0.05) is 32.4 Å². The molecule has 29 heavy (non-hydrogen) atoms. The highest BCUT2D eigenvalue weighted by atomic mass is 19.1. The third-order valence-corrected chi connectivity index (χ3v) is 5.92. The molecule has 0 saturated carbocycles. The van der Waals surface area contributed by atoms with E-state index in [-0.39, 0.29) is 5.82 Å². The van der Waals surface area contributed by atoms with Gasteiger partial charge in [0, 0.05) is 41.2 Å². The van der Waals surface area contributed by atoms with Crippen molar-refractivity contribution in [1.29, 1.82) is 0 Å². The molecule has 1 unspecified atom stereocenters. The minimum absolute atomic E-state index is 0.169. The molecule has 2 heterocycles. The molecule has 0 aliphatic heterocycles. The van der Waals surface area contributed by atoms with Crippen LogP contribution in [0, 0.1) is 12.7 Å². The van der Waals surface area contributed by atoms with Crippen LogP contribution < -0.4 is 0 Å². The second-order valence-corrected chi connectivity index (χ2v) is 7.79. The molecule has 0 radical (unpaired) electrons. The summed E-state index contributed by atoms with van der Waals surface area (Å²) in [5.41, 5.74) is 6.03. The molecule has 0 spiro atoms. The van der Waals surface area contributed by atoms with E-state index >= 15 is 0 Å². The predicted octanol–water partition coefficient (Wildman–Crippen LogP) is 6.62. The summed E-state index contributed by atoms with van der Waals surface area (Å²) in [5.74, 6) is 0.318. The molecular weight excluding hydrogens is 361 g/mol. The number of halogens is 1. The number of imidazole rings is 1. The molecule has 0 N–H and O–H groups in total. The van der Waals surface area contributed by atoms with Gasteiger partial charge in [0.15, 0.2) is 0 Å². The van der Waals surface area contributed by atoms with Crippen molar-refractivity contribution in [1.82, 2.24) is 14.1 Å². The summed E-state index contributed by atoms with van der Waals surface area (Å²) in [5, 5.41) is 1.03. The molecule has 0 aliphatic carbocycles. The lowest BCUT2D eigenvalue weighted by molar-refractivity contribution is 0.553. The van der Waals surface area contributed by atoms with E-state index in [1.54, 1.807) is 24.7 Å². The summed E-state index contributed by atoms with van der Waals surface area (Å²) in [6, 6.07) is 13.8. The number of benzene rings is 2. The fourth-order valence-electron chi connectivity index (χ4n) is 4.46. The van der Waals surface area contributed by atoms with E-state index < -0.39 is 0 Å². The van der Waals surface area contributed by atoms with Gasteiger partial charge in [0.25, 0.3) is 0 Å². The summed E-state index contributed by atoms with van der Waals surface area (Å²) < 4.78 is 18.4. The summed E-state index contributed by atoms with van der Waals surface area (Å²) in [4.78, 5) is 4.12. The SMILES string of the molecule is CCCC(CC)c1c(C)c2cc(F)ccc2n1Cc1ccc(-n2ccnc2)cc1. The summed E-state index contributed by atoms with van der Waals surface area (Å²) in [6.45, 7) is 7.42. The lowest BCUT2D eigenvalue weighted by Crippen LogP contribution is -2.10. The van der Waals surface area contributed by atoms with Gasteiger partial charge < -0.3 is 9.13 Å². The van der Waals surface area contributed by atoms with E-state index in [1.165, 1.54) is 16.8 Å². The normalized spacial score (nSPS) is 12.6. The second-order valence-electron chi connectivity index (χ2n) is 7.79. The van der Waals surface area contributed by atoms with Gasteiger partial charge in [-0.25, -0.2) is 9.37 Å². The van der Waals surface area contributed by atoms with Crippen LogP contribution in [0.3, 0.4) is 0 Å². The Morgan fingerprint density at radius 2 is 1.86 bits per heavy atom. The Balaban J connectivity index is 1.77. The van der Waals surface area contributed by atoms with Gasteiger partial charge in [-0.15, -0.1) is 0 Å². The van der Waals surface area contributed by atoms with Gasteiger partial charge >= 0.3 is 0 Å². The maximum absolute atomic E-state index is 14.0. The first-order valence-electron chi connectivity index (χ1n) is 10.5. The first-order chi connectivity index (χ1) is 14.1. The maximum Gasteiger partial charge on any atom is 0.123 e. The van der Waals surface area contributed by atoms with Crippen molar-refractivity contribution in [2.75, 3.05) is 0 Å². The highest BCUT2D eigenvalue weighted by Crippen LogP contribution is 2.35. The van der Waals surface area contributed by atoms with Gasteiger partial charge in [0.2, 0.25) is 0 Å². The maximum atomic E-state index is 14.0. The van der Waals surface area contributed by atoms with Crippen molar-refractivity contribution in [2.45, 2.75) is 52.5 Å². The molecule has 2 aromatic heterocycles. The zero-order chi connectivity index (χ0) is 20.4. The summed E-state index contributed by atoms with van der Waals surface area (Å²) >= 11 is 0. The second kappa shape index (κ2) is 8.24. The first kappa shape index (κ1) is 19.4. The number of hydrogen-bond acceptors (Lipinski definition) is 1. The molecule has 0 fully saturated rings. The molecule has 3 nitrogen and oxygen atoms in total. The van der Waals surface area contributed by atoms with E-state index in [0.717, 1.165) is 42.4 Å². The zero-order valence-corrected chi connectivity index (χ0v) is 17.4. The molecule has 0 aliphatic rings. The Labute approximate surface area is 171 Å². The van der Waals surface area contributed by atoms with E-state index in [1.807, 2.05) is 16.8 Å². The Hall–Kier alpha value is -2.88. The topological polar surface area (TPSA) is 22.8 Å². The van der Waals surface area contributed by atoms with Crippen molar-refractivity contribution in [3.8, 4) is 5.69 Å². The van der Waals surface area contributed by atoms with Gasteiger partial charge in [-0.05, 0) is 67.1 Å². The Morgan fingerprint density at radius 3 is 2.52 bits per heavy atom. The number of hydrogen-bond donors (Lipinski definition) is 0. The van der Waals surface area contributed by atoms with Crippen LogP contribution in [0.4, 0.5) is 4.39 Å². The van der Waals surface area contributed by atoms with E-state index in [9.17, 15) is 4.39 Å². The van der Waals surface area contributed by atoms with Crippen molar-refractivity contribution < 1.29 is 4.39 Å². The summed E-state index contributed by atoms with van der Waals surface area (Å²) in [6.07, 6.45) is 8.92. The molecule has 4 aromatic rings. The van der Waals surface area contributed by atoms with Crippen LogP contribution in [0.2, 0.25) is 0 Å². The highest BCUT2D eigenvalue weighted by molar-refractivity contribution is 5.85. The standard InChI is InChI=1S/C25H28FN3/c1-4-6-20(5-2)25-18(3)23-15-21(26)9-12-24(23)29(25)16-19-7-10-22(11-8-19)28-14-13-27-17-28/h7-15,17,20H,4-6,16H2,1-3H3. The van der Waals surface area contributed by atoms with Crippen LogP contribution in [0.5, 0.6) is 0 Å². The minimum atomic E-state index is -0.169.